The zero-order valence-corrected chi connectivity index (χ0v) is 21.5. The predicted molar refractivity (Wildman–Crippen MR) is 145 cm³/mol. The molecule has 0 aromatic heterocycles. The molecular formula is C27H40N6O3. The van der Waals surface area contributed by atoms with Crippen LogP contribution in [0.1, 0.15) is 55.5 Å². The van der Waals surface area contributed by atoms with E-state index in [0.29, 0.717) is 37.5 Å². The number of hydrogen-bond donors (Lipinski definition) is 3. The maximum atomic E-state index is 12.9. The summed E-state index contributed by atoms with van der Waals surface area (Å²) in [7, 11) is 0. The summed E-state index contributed by atoms with van der Waals surface area (Å²) in [6.07, 6.45) is 3.82. The molecule has 196 valence electrons. The molecule has 2 aromatic carbocycles. The number of unbranched alkanes of at least 4 members (excludes halogenated alkanes) is 1. The number of guanidine groups is 1. The highest BCUT2D eigenvalue weighted by atomic mass is 16.5. The van der Waals surface area contributed by atoms with Gasteiger partial charge in [-0.15, -0.1) is 0 Å². The highest BCUT2D eigenvalue weighted by Crippen LogP contribution is 2.27. The van der Waals surface area contributed by atoms with E-state index in [-0.39, 0.29) is 24.3 Å². The van der Waals surface area contributed by atoms with E-state index in [1.165, 1.54) is 0 Å². The molecule has 0 atom stereocenters. The first kappa shape index (κ1) is 28.6. The number of nitrogens with zero attached hydrogens (tertiary/aromatic N) is 3. The summed E-state index contributed by atoms with van der Waals surface area (Å²) < 4.78 is 5.63. The average Bonchev–Trinajstić information content (AvgIpc) is 2.96. The van der Waals surface area contributed by atoms with Crippen LogP contribution in [0.2, 0.25) is 0 Å². The van der Waals surface area contributed by atoms with Crippen molar-refractivity contribution in [1.82, 2.24) is 4.90 Å². The van der Waals surface area contributed by atoms with Crippen LogP contribution >= 0.6 is 0 Å². The number of para-hydroxylation sites is 1. The second-order valence-corrected chi connectivity index (χ2v) is 8.52. The Bertz CT molecular complexity index is 989. The third kappa shape index (κ3) is 8.88. The summed E-state index contributed by atoms with van der Waals surface area (Å²) in [5, 5.41) is 0. The highest BCUT2D eigenvalue weighted by Gasteiger charge is 2.30. The lowest BCUT2D eigenvalue weighted by Gasteiger charge is -2.23. The van der Waals surface area contributed by atoms with Gasteiger partial charge in [-0.2, -0.15) is 0 Å². The molecule has 0 radical (unpaired) electrons. The molecule has 0 unspecified atom stereocenters. The van der Waals surface area contributed by atoms with Crippen LogP contribution in [-0.2, 0) is 11.3 Å². The third-order valence-corrected chi connectivity index (χ3v) is 5.52. The van der Waals surface area contributed by atoms with Crippen molar-refractivity contribution in [1.29, 1.82) is 0 Å². The monoisotopic (exact) mass is 496 g/mol. The van der Waals surface area contributed by atoms with Crippen LogP contribution in [0, 0.1) is 0 Å². The van der Waals surface area contributed by atoms with Crippen molar-refractivity contribution in [3.8, 4) is 5.75 Å². The Hall–Kier alpha value is -3.59. The Labute approximate surface area is 214 Å². The minimum atomic E-state index is -0.0862. The first-order valence-corrected chi connectivity index (χ1v) is 12.6. The predicted octanol–water partition coefficient (Wildman–Crippen LogP) is 2.87. The number of nitrogens with two attached hydrogens (primary N) is 3. The smallest absolute Gasteiger partial charge is 0.256 e. The highest BCUT2D eigenvalue weighted by molar-refractivity contribution is 6.09. The van der Waals surface area contributed by atoms with E-state index in [1.54, 1.807) is 15.9 Å². The molecule has 9 heteroatoms. The number of benzene rings is 2. The van der Waals surface area contributed by atoms with Crippen LogP contribution in [0.4, 0.5) is 5.69 Å². The van der Waals surface area contributed by atoms with E-state index in [2.05, 4.69) is 11.9 Å². The molecule has 6 N–H and O–H groups in total. The van der Waals surface area contributed by atoms with Crippen molar-refractivity contribution in [2.75, 3.05) is 37.7 Å². The Morgan fingerprint density at radius 3 is 2.36 bits per heavy atom. The minimum absolute atomic E-state index is 0.0741. The second kappa shape index (κ2) is 15.4. The standard InChI is InChI=1S/C22H27N3O3.C5H13N3/c1-2-13-24-16-21(26)25(20-7-4-3-6-19(20)22(24)27)15-17-8-10-18(11-9-17)28-14-5-12-23;1-2-3-4-8-5(6)7/h3-4,6-11H,2,5,12-16,23H2,1H3;2-4H2,1H3,(H4,6,7,8). The molecule has 36 heavy (non-hydrogen) atoms. The van der Waals surface area contributed by atoms with Gasteiger partial charge in [0.05, 0.1) is 24.4 Å². The van der Waals surface area contributed by atoms with Crippen molar-refractivity contribution in [2.24, 2.45) is 22.2 Å². The average molecular weight is 497 g/mol. The quantitative estimate of drug-likeness (QED) is 0.248. The van der Waals surface area contributed by atoms with Gasteiger partial charge >= 0.3 is 0 Å². The normalized spacial score (nSPS) is 12.9. The van der Waals surface area contributed by atoms with Gasteiger partial charge in [0.1, 0.15) is 12.3 Å². The number of ether oxygens (including phenoxy) is 1. The van der Waals surface area contributed by atoms with Crippen LogP contribution in [0.15, 0.2) is 53.5 Å². The van der Waals surface area contributed by atoms with Crippen LogP contribution in [0.5, 0.6) is 5.75 Å². The fraction of sp³-hybridized carbons (Fsp3) is 0.444. The molecule has 0 fully saturated rings. The fourth-order valence-corrected chi connectivity index (χ4v) is 3.65. The van der Waals surface area contributed by atoms with E-state index in [9.17, 15) is 9.59 Å². The van der Waals surface area contributed by atoms with Crippen molar-refractivity contribution in [2.45, 2.75) is 46.1 Å². The number of fused-ring (bicyclic) bond motifs is 1. The Morgan fingerprint density at radius 1 is 1.00 bits per heavy atom. The van der Waals surface area contributed by atoms with Crippen LogP contribution in [0.3, 0.4) is 0 Å². The number of hydrogen-bond acceptors (Lipinski definition) is 5. The number of anilines is 1. The molecule has 2 amide bonds. The van der Waals surface area contributed by atoms with Crippen molar-refractivity contribution >= 4 is 23.5 Å². The summed E-state index contributed by atoms with van der Waals surface area (Å²) in [6, 6.07) is 15.0. The van der Waals surface area contributed by atoms with Gasteiger partial charge in [0.25, 0.3) is 5.91 Å². The van der Waals surface area contributed by atoms with Crippen LogP contribution in [0.25, 0.3) is 0 Å². The van der Waals surface area contributed by atoms with Gasteiger partial charge in [-0.05, 0) is 55.6 Å². The summed E-state index contributed by atoms with van der Waals surface area (Å²) in [5.41, 5.74) is 17.8. The zero-order chi connectivity index (χ0) is 26.3. The molecular weight excluding hydrogens is 456 g/mol. The lowest BCUT2D eigenvalue weighted by molar-refractivity contribution is -0.119. The maximum absolute atomic E-state index is 12.9. The van der Waals surface area contributed by atoms with Gasteiger partial charge in [-0.1, -0.05) is 44.5 Å². The summed E-state index contributed by atoms with van der Waals surface area (Å²) in [5.74, 6) is 0.814. The molecule has 0 saturated heterocycles. The molecule has 0 bridgehead atoms. The van der Waals surface area contributed by atoms with Crippen molar-refractivity contribution in [3.63, 3.8) is 0 Å². The molecule has 9 nitrogen and oxygen atoms in total. The Morgan fingerprint density at radius 2 is 1.72 bits per heavy atom. The van der Waals surface area contributed by atoms with E-state index >= 15 is 0 Å². The van der Waals surface area contributed by atoms with E-state index in [1.807, 2.05) is 49.4 Å². The van der Waals surface area contributed by atoms with Crippen LogP contribution in [-0.4, -0.2) is 55.5 Å². The molecule has 0 aliphatic carbocycles. The molecule has 1 heterocycles. The van der Waals surface area contributed by atoms with Crippen molar-refractivity contribution < 1.29 is 14.3 Å². The third-order valence-electron chi connectivity index (χ3n) is 5.52. The topological polar surface area (TPSA) is 140 Å². The van der Waals surface area contributed by atoms with Crippen LogP contribution < -0.4 is 26.8 Å². The van der Waals surface area contributed by atoms with Gasteiger partial charge in [0.2, 0.25) is 5.91 Å². The molecule has 1 aliphatic heterocycles. The molecule has 1 aliphatic rings. The lowest BCUT2D eigenvalue weighted by Crippen LogP contribution is -2.39. The minimum Gasteiger partial charge on any atom is -0.494 e. The molecule has 3 rings (SSSR count). The lowest BCUT2D eigenvalue weighted by atomic mass is 10.1. The van der Waals surface area contributed by atoms with Gasteiger partial charge in [0.15, 0.2) is 5.96 Å². The first-order valence-electron chi connectivity index (χ1n) is 12.6. The summed E-state index contributed by atoms with van der Waals surface area (Å²) in [6.45, 7) is 7.13. The van der Waals surface area contributed by atoms with Gasteiger partial charge in [-0.25, -0.2) is 0 Å². The molecule has 0 saturated carbocycles. The number of rotatable bonds is 11. The Balaban J connectivity index is 0.000000493. The first-order chi connectivity index (χ1) is 17.4. The van der Waals surface area contributed by atoms with Gasteiger partial charge in [-0.3, -0.25) is 14.6 Å². The molecule has 0 spiro atoms. The molecule has 2 aromatic rings. The van der Waals surface area contributed by atoms with E-state index in [0.717, 1.165) is 43.5 Å². The second-order valence-electron chi connectivity index (χ2n) is 8.52. The fourth-order valence-electron chi connectivity index (χ4n) is 3.65. The van der Waals surface area contributed by atoms with Gasteiger partial charge < -0.3 is 31.7 Å². The largest absolute Gasteiger partial charge is 0.494 e. The zero-order valence-electron chi connectivity index (χ0n) is 21.5. The van der Waals surface area contributed by atoms with Crippen molar-refractivity contribution in [3.05, 3.63) is 59.7 Å². The number of carbonyl (C=O) groups excluding carboxylic acids is 2. The van der Waals surface area contributed by atoms with Gasteiger partial charge in [0, 0.05) is 13.1 Å². The Kier molecular flexibility index (Phi) is 12.3. The number of amides is 2. The van der Waals surface area contributed by atoms with E-state index in [4.69, 9.17) is 21.9 Å². The summed E-state index contributed by atoms with van der Waals surface area (Å²) >= 11 is 0. The summed E-state index contributed by atoms with van der Waals surface area (Å²) in [4.78, 5) is 32.9. The number of aliphatic imine (C=N–C) groups is 1. The van der Waals surface area contributed by atoms with E-state index < -0.39 is 0 Å². The SMILES string of the molecule is CCCCN=C(N)N.CCCN1CC(=O)N(Cc2ccc(OCCCN)cc2)c2ccccc2C1=O. The number of carbonyl (C=O) groups is 2. The maximum Gasteiger partial charge on any atom is 0.256 e.